The Morgan fingerprint density at radius 1 is 1.00 bits per heavy atom. The molecular formula is C26H30O13. The van der Waals surface area contributed by atoms with E-state index in [-0.39, 0.29) is 29.5 Å². The van der Waals surface area contributed by atoms with Gasteiger partial charge < -0.3 is 59.4 Å². The number of Topliss-reactive ketones (excluding diaryl/α,β-unsaturated/α-hetero) is 1. The Morgan fingerprint density at radius 2 is 1.74 bits per heavy atom. The van der Waals surface area contributed by atoms with Gasteiger partial charge in [-0.05, 0) is 29.8 Å². The van der Waals surface area contributed by atoms with Crippen LogP contribution in [-0.2, 0) is 14.2 Å². The molecule has 2 saturated heterocycles. The van der Waals surface area contributed by atoms with Crippen molar-refractivity contribution < 1.29 is 64.2 Å². The molecule has 5 rings (SSSR count). The first kappa shape index (κ1) is 27.7. The van der Waals surface area contributed by atoms with E-state index in [4.69, 9.17) is 23.7 Å². The largest absolute Gasteiger partial charge is 0.508 e. The average Bonchev–Trinajstić information content (AvgIpc) is 3.21. The monoisotopic (exact) mass is 550 g/mol. The zero-order valence-electron chi connectivity index (χ0n) is 20.6. The fraction of sp³-hybridized carbons (Fsp3) is 0.500. The van der Waals surface area contributed by atoms with Gasteiger partial charge in [0.05, 0.1) is 31.8 Å². The van der Waals surface area contributed by atoms with Crippen molar-refractivity contribution in [2.45, 2.75) is 61.2 Å². The molecule has 0 aliphatic carbocycles. The molecule has 0 aromatic heterocycles. The topological polar surface area (TPSA) is 205 Å². The predicted molar refractivity (Wildman–Crippen MR) is 128 cm³/mol. The van der Waals surface area contributed by atoms with Crippen molar-refractivity contribution in [2.24, 2.45) is 0 Å². The summed E-state index contributed by atoms with van der Waals surface area (Å²) in [4.78, 5) is 12.5. The maximum absolute atomic E-state index is 12.5. The molecule has 3 aliphatic rings. The number of aliphatic hydroxyl groups is 6. The van der Waals surface area contributed by atoms with Gasteiger partial charge in [0.25, 0.3) is 0 Å². The van der Waals surface area contributed by atoms with Gasteiger partial charge in [0.2, 0.25) is 6.29 Å². The first-order chi connectivity index (χ1) is 18.6. The molecule has 3 aliphatic heterocycles. The van der Waals surface area contributed by atoms with Crippen LogP contribution in [0.3, 0.4) is 0 Å². The van der Waals surface area contributed by atoms with E-state index >= 15 is 0 Å². The van der Waals surface area contributed by atoms with Gasteiger partial charge in [-0.15, -0.1) is 0 Å². The molecule has 0 bridgehead atoms. The molecule has 0 unspecified atom stereocenters. The van der Waals surface area contributed by atoms with Crippen molar-refractivity contribution in [3.63, 3.8) is 0 Å². The minimum absolute atomic E-state index is 0.0275. The number of aliphatic hydroxyl groups excluding tert-OH is 5. The van der Waals surface area contributed by atoms with Gasteiger partial charge >= 0.3 is 0 Å². The maximum Gasteiger partial charge on any atom is 0.229 e. The second-order valence-electron chi connectivity index (χ2n) is 9.79. The van der Waals surface area contributed by atoms with Crippen LogP contribution in [0.15, 0.2) is 42.5 Å². The molecule has 7 N–H and O–H groups in total. The fourth-order valence-electron chi connectivity index (χ4n) is 4.75. The smallest absolute Gasteiger partial charge is 0.229 e. The van der Waals surface area contributed by atoms with Gasteiger partial charge in [0.1, 0.15) is 53.4 Å². The van der Waals surface area contributed by atoms with Gasteiger partial charge in [-0.2, -0.15) is 0 Å². The van der Waals surface area contributed by atoms with E-state index in [0.29, 0.717) is 11.1 Å². The number of ether oxygens (including phenoxy) is 5. The number of rotatable bonds is 7. The number of hydrogen-bond donors (Lipinski definition) is 7. The second kappa shape index (κ2) is 11.0. The summed E-state index contributed by atoms with van der Waals surface area (Å²) >= 11 is 0. The van der Waals surface area contributed by atoms with Crippen LogP contribution in [0.25, 0.3) is 0 Å². The molecule has 0 amide bonds. The molecule has 13 nitrogen and oxygen atoms in total. The molecule has 212 valence electrons. The lowest BCUT2D eigenvalue weighted by Gasteiger charge is -2.42. The standard InChI is InChI=1S/C26H30O13/c27-9-19-20(31)21(32)22(39-25-23(33)26(34,10-28)11-35-25)24(38-19)36-14-4-1-12(2-5-14)17-8-16(30)15-6-3-13(29)7-18(15)37-17/h1-7,17,19-25,27-29,31-34H,8-11H2/t17-,19+,20-,21-,22-,23+,24+,25-,26+/m1/s1. The van der Waals surface area contributed by atoms with Gasteiger partial charge in [-0.25, -0.2) is 0 Å². The molecule has 13 heteroatoms. The Morgan fingerprint density at radius 3 is 2.41 bits per heavy atom. The molecule has 0 spiro atoms. The average molecular weight is 551 g/mol. The van der Waals surface area contributed by atoms with E-state index in [0.717, 1.165) is 0 Å². The van der Waals surface area contributed by atoms with Crippen LogP contribution in [-0.4, -0.2) is 110 Å². The first-order valence-corrected chi connectivity index (χ1v) is 12.3. The summed E-state index contributed by atoms with van der Waals surface area (Å²) in [6.07, 6.45) is -10.9. The SMILES string of the molecule is O=C1C[C@H](c2ccc(O[C@H]3O[C@@H](CO)[C@@H](O)[C@@H](O)[C@H]3O[C@H]3OC[C@@](O)(CO)[C@H]3O)cc2)Oc2cc(O)ccc21. The second-order valence-corrected chi connectivity index (χ2v) is 9.79. The van der Waals surface area contributed by atoms with E-state index in [1.54, 1.807) is 24.3 Å². The number of ketones is 1. The lowest BCUT2D eigenvalue weighted by molar-refractivity contribution is -0.318. The zero-order valence-corrected chi connectivity index (χ0v) is 20.6. The van der Waals surface area contributed by atoms with Crippen molar-refractivity contribution >= 4 is 5.78 Å². The highest BCUT2D eigenvalue weighted by Gasteiger charge is 2.53. The molecule has 39 heavy (non-hydrogen) atoms. The summed E-state index contributed by atoms with van der Waals surface area (Å²) in [5.74, 6) is 0.348. The number of hydrogen-bond acceptors (Lipinski definition) is 13. The summed E-state index contributed by atoms with van der Waals surface area (Å²) in [5, 5.41) is 70.3. The first-order valence-electron chi connectivity index (χ1n) is 12.3. The van der Waals surface area contributed by atoms with Crippen LogP contribution in [0.4, 0.5) is 0 Å². The summed E-state index contributed by atoms with van der Waals surface area (Å²) in [7, 11) is 0. The Kier molecular flexibility index (Phi) is 7.79. The van der Waals surface area contributed by atoms with Crippen LogP contribution >= 0.6 is 0 Å². The van der Waals surface area contributed by atoms with Crippen molar-refractivity contribution in [3.05, 3.63) is 53.6 Å². The van der Waals surface area contributed by atoms with E-state index in [1.807, 2.05) is 0 Å². The summed E-state index contributed by atoms with van der Waals surface area (Å²) in [6, 6.07) is 10.7. The van der Waals surface area contributed by atoms with Crippen molar-refractivity contribution in [3.8, 4) is 17.2 Å². The van der Waals surface area contributed by atoms with Crippen molar-refractivity contribution in [1.29, 1.82) is 0 Å². The van der Waals surface area contributed by atoms with Crippen LogP contribution in [0.2, 0.25) is 0 Å². The zero-order chi connectivity index (χ0) is 27.9. The lowest BCUT2D eigenvalue weighted by atomic mass is 9.96. The summed E-state index contributed by atoms with van der Waals surface area (Å²) in [6.45, 7) is -1.88. The Hall–Kier alpha value is -2.85. The molecular weight excluding hydrogens is 520 g/mol. The van der Waals surface area contributed by atoms with E-state index in [9.17, 15) is 40.5 Å². The van der Waals surface area contributed by atoms with Crippen molar-refractivity contribution in [2.75, 3.05) is 19.8 Å². The molecule has 0 saturated carbocycles. The molecule has 2 fully saturated rings. The third-order valence-corrected chi connectivity index (χ3v) is 7.11. The minimum Gasteiger partial charge on any atom is -0.508 e. The molecule has 3 heterocycles. The molecule has 0 radical (unpaired) electrons. The van der Waals surface area contributed by atoms with Crippen LogP contribution in [0.5, 0.6) is 17.2 Å². The number of phenolic OH excluding ortho intramolecular Hbond substituents is 1. The highest BCUT2D eigenvalue weighted by atomic mass is 16.8. The molecule has 2 aromatic rings. The van der Waals surface area contributed by atoms with Gasteiger partial charge in [0.15, 0.2) is 18.2 Å². The number of fused-ring (bicyclic) bond motifs is 1. The highest BCUT2D eigenvalue weighted by Crippen LogP contribution is 2.38. The van der Waals surface area contributed by atoms with E-state index < -0.39 is 74.6 Å². The maximum atomic E-state index is 12.5. The number of carbonyl (C=O) groups excluding carboxylic acids is 1. The number of benzene rings is 2. The number of aromatic hydroxyl groups is 1. The Balaban J connectivity index is 1.31. The quantitative estimate of drug-likeness (QED) is 0.215. The fourth-order valence-corrected chi connectivity index (χ4v) is 4.75. The summed E-state index contributed by atoms with van der Waals surface area (Å²) in [5.41, 5.74) is -0.945. The third-order valence-electron chi connectivity index (χ3n) is 7.11. The van der Waals surface area contributed by atoms with Crippen LogP contribution < -0.4 is 9.47 Å². The summed E-state index contributed by atoms with van der Waals surface area (Å²) < 4.78 is 28.3. The Bertz CT molecular complexity index is 1170. The van der Waals surface area contributed by atoms with Gasteiger partial charge in [-0.3, -0.25) is 4.79 Å². The third kappa shape index (κ3) is 5.33. The van der Waals surface area contributed by atoms with Gasteiger partial charge in [0, 0.05) is 6.07 Å². The highest BCUT2D eigenvalue weighted by molar-refractivity contribution is 6.00. The molecule has 2 aromatic carbocycles. The number of phenols is 1. The Labute approximate surface area is 222 Å². The molecule has 9 atom stereocenters. The number of carbonyl (C=O) groups is 1. The van der Waals surface area contributed by atoms with E-state index in [2.05, 4.69) is 0 Å². The predicted octanol–water partition coefficient (Wildman–Crippen LogP) is -1.26. The van der Waals surface area contributed by atoms with Crippen LogP contribution in [0, 0.1) is 0 Å². The minimum atomic E-state index is -1.98. The van der Waals surface area contributed by atoms with Crippen LogP contribution in [0.1, 0.15) is 28.4 Å². The van der Waals surface area contributed by atoms with E-state index in [1.165, 1.54) is 18.2 Å². The normalized spacial score (nSPS) is 36.3. The lowest BCUT2D eigenvalue weighted by Crippen LogP contribution is -2.62. The van der Waals surface area contributed by atoms with Gasteiger partial charge in [-0.1, -0.05) is 12.1 Å². The van der Waals surface area contributed by atoms with Crippen molar-refractivity contribution in [1.82, 2.24) is 0 Å².